The molecule has 0 atom stereocenters. The van der Waals surface area contributed by atoms with Gasteiger partial charge in [0.25, 0.3) is 0 Å². The number of likely N-dealkylation sites (tertiary alicyclic amines) is 1. The number of hydrogen-bond donors (Lipinski definition) is 1. The Hall–Kier alpha value is -1.42. The predicted octanol–water partition coefficient (Wildman–Crippen LogP) is 3.69. The van der Waals surface area contributed by atoms with Gasteiger partial charge in [0.15, 0.2) is 0 Å². The van der Waals surface area contributed by atoms with Crippen molar-refractivity contribution in [2.24, 2.45) is 11.8 Å². The second-order valence-electron chi connectivity index (χ2n) is 7.84. The summed E-state index contributed by atoms with van der Waals surface area (Å²) in [6.45, 7) is 7.80. The Morgan fingerprint density at radius 3 is 2.62 bits per heavy atom. The van der Waals surface area contributed by atoms with Gasteiger partial charge in [-0.15, -0.1) is 0 Å². The van der Waals surface area contributed by atoms with Gasteiger partial charge in [0.05, 0.1) is 0 Å². The van der Waals surface area contributed by atoms with Crippen LogP contribution >= 0.6 is 0 Å². The van der Waals surface area contributed by atoms with Gasteiger partial charge < -0.3 is 5.32 Å². The van der Waals surface area contributed by atoms with Crippen molar-refractivity contribution in [3.05, 3.63) is 35.1 Å². The van der Waals surface area contributed by atoms with E-state index in [-0.39, 0.29) is 17.6 Å². The number of amides is 1. The maximum atomic E-state index is 14.4. The minimum absolute atomic E-state index is 0.0906. The summed E-state index contributed by atoms with van der Waals surface area (Å²) in [6, 6.07) is 5.69. The number of benzene rings is 1. The van der Waals surface area contributed by atoms with Gasteiger partial charge in [-0.3, -0.25) is 9.69 Å². The van der Waals surface area contributed by atoms with Gasteiger partial charge in [0.1, 0.15) is 5.82 Å². The summed E-state index contributed by atoms with van der Waals surface area (Å²) in [4.78, 5) is 14.3. The Morgan fingerprint density at radius 2 is 2.00 bits per heavy atom. The number of carbonyl (C=O) groups excluding carboxylic acids is 1. The minimum atomic E-state index is -0.0906. The van der Waals surface area contributed by atoms with Gasteiger partial charge >= 0.3 is 0 Å². The number of rotatable bonds is 6. The first-order valence-corrected chi connectivity index (χ1v) is 9.31. The molecule has 24 heavy (non-hydrogen) atoms. The van der Waals surface area contributed by atoms with E-state index in [0.29, 0.717) is 11.8 Å². The molecule has 2 fully saturated rings. The molecule has 132 valence electrons. The van der Waals surface area contributed by atoms with Crippen LogP contribution in [-0.2, 0) is 11.3 Å². The molecule has 1 saturated carbocycles. The van der Waals surface area contributed by atoms with Crippen molar-refractivity contribution in [2.45, 2.75) is 52.0 Å². The average molecular weight is 332 g/mol. The van der Waals surface area contributed by atoms with Crippen molar-refractivity contribution < 1.29 is 9.18 Å². The minimum Gasteiger partial charge on any atom is -0.356 e. The molecule has 1 saturated heterocycles. The van der Waals surface area contributed by atoms with Gasteiger partial charge in [-0.25, -0.2) is 4.39 Å². The Kier molecular flexibility index (Phi) is 5.54. The van der Waals surface area contributed by atoms with E-state index in [4.69, 9.17) is 0 Å². The fraction of sp³-hybridized carbons (Fsp3) is 0.650. The molecule has 0 radical (unpaired) electrons. The zero-order valence-electron chi connectivity index (χ0n) is 14.9. The van der Waals surface area contributed by atoms with Crippen LogP contribution < -0.4 is 5.32 Å². The second-order valence-corrected chi connectivity index (χ2v) is 7.84. The third kappa shape index (κ3) is 4.15. The van der Waals surface area contributed by atoms with Crippen molar-refractivity contribution in [2.75, 3.05) is 19.6 Å². The van der Waals surface area contributed by atoms with E-state index in [0.717, 1.165) is 50.1 Å². The second kappa shape index (κ2) is 7.64. The lowest BCUT2D eigenvalue weighted by Crippen LogP contribution is -2.39. The molecule has 1 aliphatic carbocycles. The number of carbonyl (C=O) groups is 1. The first-order chi connectivity index (χ1) is 11.5. The molecular formula is C20H29FN2O. The molecule has 1 aromatic rings. The van der Waals surface area contributed by atoms with Gasteiger partial charge in [-0.1, -0.05) is 26.0 Å². The van der Waals surface area contributed by atoms with E-state index in [1.807, 2.05) is 6.07 Å². The van der Waals surface area contributed by atoms with Gasteiger partial charge in [-0.05, 0) is 62.2 Å². The highest BCUT2D eigenvalue weighted by atomic mass is 19.1. The largest absolute Gasteiger partial charge is 0.356 e. The zero-order valence-corrected chi connectivity index (χ0v) is 14.9. The first kappa shape index (κ1) is 17.4. The maximum absolute atomic E-state index is 14.4. The highest BCUT2D eigenvalue weighted by Crippen LogP contribution is 2.42. The molecule has 0 aromatic heterocycles. The molecule has 0 spiro atoms. The van der Waals surface area contributed by atoms with Crippen molar-refractivity contribution in [3.8, 4) is 0 Å². The van der Waals surface area contributed by atoms with Crippen LogP contribution in [-0.4, -0.2) is 30.4 Å². The highest BCUT2D eigenvalue weighted by Gasteiger charge is 2.35. The summed E-state index contributed by atoms with van der Waals surface area (Å²) >= 11 is 0. The molecule has 4 heteroatoms. The quantitative estimate of drug-likeness (QED) is 0.862. The average Bonchev–Trinajstić information content (AvgIpc) is 2.99. The Labute approximate surface area is 144 Å². The lowest BCUT2D eigenvalue weighted by atomic mass is 9.71. The molecule has 1 aliphatic heterocycles. The van der Waals surface area contributed by atoms with Crippen LogP contribution in [0.5, 0.6) is 0 Å². The molecule has 2 aliphatic rings. The van der Waals surface area contributed by atoms with Gasteiger partial charge in [0.2, 0.25) is 5.91 Å². The van der Waals surface area contributed by atoms with E-state index < -0.39 is 0 Å². The molecule has 1 amide bonds. The summed E-state index contributed by atoms with van der Waals surface area (Å²) < 4.78 is 14.4. The van der Waals surface area contributed by atoms with Gasteiger partial charge in [0, 0.05) is 24.6 Å². The van der Waals surface area contributed by atoms with Crippen LogP contribution in [0.1, 0.15) is 56.6 Å². The fourth-order valence-electron chi connectivity index (χ4n) is 3.68. The summed E-state index contributed by atoms with van der Waals surface area (Å²) in [5.41, 5.74) is 1.84. The van der Waals surface area contributed by atoms with Crippen LogP contribution in [0.15, 0.2) is 18.2 Å². The predicted molar refractivity (Wildman–Crippen MR) is 94.2 cm³/mol. The van der Waals surface area contributed by atoms with Gasteiger partial charge in [-0.2, -0.15) is 0 Å². The maximum Gasteiger partial charge on any atom is 0.223 e. The number of halogens is 1. The normalized spacial score (nSPS) is 24.2. The van der Waals surface area contributed by atoms with E-state index in [1.165, 1.54) is 12.8 Å². The molecule has 1 heterocycles. The highest BCUT2D eigenvalue weighted by molar-refractivity contribution is 5.79. The molecule has 0 unspecified atom stereocenters. The van der Waals surface area contributed by atoms with Crippen LogP contribution in [0, 0.1) is 17.7 Å². The number of hydrogen-bond acceptors (Lipinski definition) is 2. The third-order valence-electron chi connectivity index (χ3n) is 5.33. The number of nitrogens with one attached hydrogen (secondary N) is 1. The summed E-state index contributed by atoms with van der Waals surface area (Å²) in [6.07, 6.45) is 4.13. The fourth-order valence-corrected chi connectivity index (χ4v) is 3.68. The van der Waals surface area contributed by atoms with Crippen molar-refractivity contribution in [1.29, 1.82) is 0 Å². The molecular weight excluding hydrogens is 303 g/mol. The lowest BCUT2D eigenvalue weighted by molar-refractivity contribution is -0.128. The monoisotopic (exact) mass is 332 g/mol. The smallest absolute Gasteiger partial charge is 0.223 e. The standard InChI is InChI=1S/C20H29FN2O/c1-14(2)12-22-20(24)18-9-17(10-18)15-5-6-16(19(21)11-15)13-23-7-3-4-8-23/h5-6,11,14,17-18H,3-4,7-10,12-13H2,1-2H3,(H,22,24). The first-order valence-electron chi connectivity index (χ1n) is 9.31. The Morgan fingerprint density at radius 1 is 1.29 bits per heavy atom. The Bertz CT molecular complexity index is 575. The van der Waals surface area contributed by atoms with E-state index >= 15 is 0 Å². The van der Waals surface area contributed by atoms with Crippen LogP contribution in [0.25, 0.3) is 0 Å². The number of nitrogens with zero attached hydrogens (tertiary/aromatic N) is 1. The molecule has 0 bridgehead atoms. The summed E-state index contributed by atoms with van der Waals surface area (Å²) in [5.74, 6) is 0.969. The third-order valence-corrected chi connectivity index (χ3v) is 5.33. The molecule has 1 aromatic carbocycles. The molecule has 1 N–H and O–H groups in total. The molecule has 3 rings (SSSR count). The Balaban J connectivity index is 1.51. The van der Waals surface area contributed by atoms with Crippen LogP contribution in [0.4, 0.5) is 4.39 Å². The summed E-state index contributed by atoms with van der Waals surface area (Å²) in [5, 5.41) is 3.00. The van der Waals surface area contributed by atoms with Crippen LogP contribution in [0.2, 0.25) is 0 Å². The van der Waals surface area contributed by atoms with Crippen molar-refractivity contribution in [1.82, 2.24) is 10.2 Å². The zero-order chi connectivity index (χ0) is 17.1. The topological polar surface area (TPSA) is 32.3 Å². The van der Waals surface area contributed by atoms with Crippen molar-refractivity contribution >= 4 is 5.91 Å². The summed E-state index contributed by atoms with van der Waals surface area (Å²) in [7, 11) is 0. The van der Waals surface area contributed by atoms with Crippen LogP contribution in [0.3, 0.4) is 0 Å². The lowest BCUT2D eigenvalue weighted by Gasteiger charge is -2.35. The van der Waals surface area contributed by atoms with E-state index in [2.05, 4.69) is 30.1 Å². The van der Waals surface area contributed by atoms with E-state index in [9.17, 15) is 9.18 Å². The molecule has 3 nitrogen and oxygen atoms in total. The van der Waals surface area contributed by atoms with E-state index in [1.54, 1.807) is 6.07 Å². The van der Waals surface area contributed by atoms with Crippen molar-refractivity contribution in [3.63, 3.8) is 0 Å². The SMILES string of the molecule is CC(C)CNC(=O)C1CC(c2ccc(CN3CCCC3)c(F)c2)C1.